The van der Waals surface area contributed by atoms with E-state index < -0.39 is 0 Å². The molecule has 2 aromatic heterocycles. The number of halogens is 1. The van der Waals surface area contributed by atoms with Gasteiger partial charge in [-0.3, -0.25) is 9.89 Å². The smallest absolute Gasteiger partial charge is 0.295 e. The highest BCUT2D eigenvalue weighted by molar-refractivity contribution is 9.10. The zero-order valence-corrected chi connectivity index (χ0v) is 11.4. The normalized spacial score (nSPS) is 10.3. The summed E-state index contributed by atoms with van der Waals surface area (Å²) in [5.74, 6) is 0.490. The number of carbonyl (C=O) groups excluding carboxylic acids is 1. The number of hydrogen-bond donors (Lipinski definition) is 2. The number of amides is 1. The Hall–Kier alpha value is -1.76. The Morgan fingerprint density at radius 1 is 1.56 bits per heavy atom. The van der Waals surface area contributed by atoms with Gasteiger partial charge in [0.25, 0.3) is 5.91 Å². The fourth-order valence-corrected chi connectivity index (χ4v) is 1.75. The van der Waals surface area contributed by atoms with Crippen molar-refractivity contribution in [1.29, 1.82) is 0 Å². The molecule has 6 nitrogen and oxygen atoms in total. The minimum Gasteiger partial charge on any atom is -0.317 e. The van der Waals surface area contributed by atoms with Gasteiger partial charge >= 0.3 is 0 Å². The highest BCUT2D eigenvalue weighted by Gasteiger charge is 2.13. The molecule has 2 heterocycles. The highest BCUT2D eigenvalue weighted by Crippen LogP contribution is 2.18. The van der Waals surface area contributed by atoms with Gasteiger partial charge in [0, 0.05) is 12.6 Å². The zero-order valence-electron chi connectivity index (χ0n) is 9.77. The minimum atomic E-state index is -0.359. The summed E-state index contributed by atoms with van der Waals surface area (Å²) in [4.78, 5) is 20.0. The number of nitrogens with one attached hydrogen (secondary N) is 2. The molecular weight excluding hydrogens is 298 g/mol. The van der Waals surface area contributed by atoms with E-state index in [4.69, 9.17) is 0 Å². The van der Waals surface area contributed by atoms with Gasteiger partial charge in [0.1, 0.15) is 10.4 Å². The summed E-state index contributed by atoms with van der Waals surface area (Å²) >= 11 is 3.25. The van der Waals surface area contributed by atoms with Crippen molar-refractivity contribution in [2.45, 2.75) is 19.8 Å². The monoisotopic (exact) mass is 309 g/mol. The van der Waals surface area contributed by atoms with Crippen LogP contribution in [-0.4, -0.2) is 26.1 Å². The summed E-state index contributed by atoms with van der Waals surface area (Å²) < 4.78 is 0.572. The van der Waals surface area contributed by atoms with Gasteiger partial charge in [-0.1, -0.05) is 6.92 Å². The number of anilines is 1. The maximum Gasteiger partial charge on any atom is 0.295 e. The number of aryl methyl sites for hydroxylation is 1. The van der Waals surface area contributed by atoms with Gasteiger partial charge in [-0.2, -0.15) is 0 Å². The first kappa shape index (κ1) is 12.7. The third kappa shape index (κ3) is 2.92. The summed E-state index contributed by atoms with van der Waals surface area (Å²) in [5.41, 5.74) is 0.587. The van der Waals surface area contributed by atoms with E-state index >= 15 is 0 Å². The Bertz CT molecular complexity index is 554. The molecule has 0 aromatic carbocycles. The molecule has 0 aliphatic rings. The maximum absolute atomic E-state index is 11.9. The molecule has 0 atom stereocenters. The fourth-order valence-electron chi connectivity index (χ4n) is 1.40. The molecule has 0 bridgehead atoms. The van der Waals surface area contributed by atoms with Crippen LogP contribution in [-0.2, 0) is 6.42 Å². The van der Waals surface area contributed by atoms with Crippen LogP contribution in [0.15, 0.2) is 22.9 Å². The molecule has 0 unspecified atom stereocenters. The summed E-state index contributed by atoms with van der Waals surface area (Å²) in [7, 11) is 0. The van der Waals surface area contributed by atoms with Crippen LogP contribution in [0.1, 0.15) is 29.8 Å². The van der Waals surface area contributed by atoms with Crippen molar-refractivity contribution in [2.75, 3.05) is 5.32 Å². The molecule has 2 N–H and O–H groups in total. The highest BCUT2D eigenvalue weighted by atomic mass is 79.9. The molecule has 1 amide bonds. The van der Waals surface area contributed by atoms with E-state index in [9.17, 15) is 4.79 Å². The largest absolute Gasteiger partial charge is 0.317 e. The summed E-state index contributed by atoms with van der Waals surface area (Å²) in [6.45, 7) is 2.04. The van der Waals surface area contributed by atoms with E-state index in [0.29, 0.717) is 16.1 Å². The van der Waals surface area contributed by atoms with Crippen molar-refractivity contribution in [2.24, 2.45) is 0 Å². The Balaban J connectivity index is 2.10. The lowest BCUT2D eigenvalue weighted by Gasteiger charge is -2.03. The maximum atomic E-state index is 11.9. The standard InChI is InChI=1S/C11H12BrN5O/c1-2-4-8-15-10(17-16-8)11(18)14-7-5-3-6-13-9(7)12/h3,5-6H,2,4H2,1H3,(H,14,18)(H,15,16,17). The number of rotatable bonds is 4. The Morgan fingerprint density at radius 2 is 2.39 bits per heavy atom. The molecule has 0 aliphatic heterocycles. The molecule has 18 heavy (non-hydrogen) atoms. The van der Waals surface area contributed by atoms with Crippen LogP contribution in [0.5, 0.6) is 0 Å². The van der Waals surface area contributed by atoms with Crippen LogP contribution in [0.4, 0.5) is 5.69 Å². The van der Waals surface area contributed by atoms with E-state index in [0.717, 1.165) is 12.8 Å². The molecule has 0 fully saturated rings. The van der Waals surface area contributed by atoms with Gasteiger partial charge < -0.3 is 5.32 Å². The first-order valence-corrected chi connectivity index (χ1v) is 6.33. The van der Waals surface area contributed by atoms with Gasteiger partial charge in [-0.15, -0.1) is 5.10 Å². The van der Waals surface area contributed by atoms with E-state index in [2.05, 4.69) is 41.4 Å². The summed E-state index contributed by atoms with van der Waals surface area (Å²) in [6, 6.07) is 3.48. The van der Waals surface area contributed by atoms with E-state index in [1.54, 1.807) is 18.3 Å². The van der Waals surface area contributed by atoms with Crippen LogP contribution in [0.2, 0.25) is 0 Å². The van der Waals surface area contributed by atoms with Gasteiger partial charge in [0.15, 0.2) is 0 Å². The molecule has 7 heteroatoms. The van der Waals surface area contributed by atoms with Gasteiger partial charge in [-0.25, -0.2) is 9.97 Å². The lowest BCUT2D eigenvalue weighted by molar-refractivity contribution is 0.101. The van der Waals surface area contributed by atoms with Crippen molar-refractivity contribution >= 4 is 27.5 Å². The Labute approximate surface area is 112 Å². The average Bonchev–Trinajstić information content (AvgIpc) is 2.81. The third-order valence-electron chi connectivity index (χ3n) is 2.23. The van der Waals surface area contributed by atoms with Crippen LogP contribution in [0.3, 0.4) is 0 Å². The molecule has 2 aromatic rings. The quantitative estimate of drug-likeness (QED) is 0.848. The molecule has 0 aliphatic carbocycles. The van der Waals surface area contributed by atoms with Gasteiger partial charge in [0.2, 0.25) is 5.82 Å². The molecule has 0 radical (unpaired) electrons. The lowest BCUT2D eigenvalue weighted by atomic mass is 10.3. The zero-order chi connectivity index (χ0) is 13.0. The second-order valence-corrected chi connectivity index (χ2v) is 4.40. The summed E-state index contributed by atoms with van der Waals surface area (Å²) in [6.07, 6.45) is 3.35. The first-order valence-electron chi connectivity index (χ1n) is 5.54. The minimum absolute atomic E-state index is 0.134. The average molecular weight is 310 g/mol. The van der Waals surface area contributed by atoms with Crippen LogP contribution in [0, 0.1) is 0 Å². The van der Waals surface area contributed by atoms with Crippen LogP contribution >= 0.6 is 15.9 Å². The van der Waals surface area contributed by atoms with Gasteiger partial charge in [0.05, 0.1) is 5.69 Å². The second kappa shape index (κ2) is 5.72. The molecule has 0 spiro atoms. The van der Waals surface area contributed by atoms with Crippen LogP contribution in [0.25, 0.3) is 0 Å². The number of aromatic nitrogens is 4. The van der Waals surface area contributed by atoms with Crippen molar-refractivity contribution in [3.63, 3.8) is 0 Å². The second-order valence-electron chi connectivity index (χ2n) is 3.65. The van der Waals surface area contributed by atoms with Crippen molar-refractivity contribution in [1.82, 2.24) is 20.2 Å². The predicted octanol–water partition coefficient (Wildman–Crippen LogP) is 2.17. The number of H-pyrrole nitrogens is 1. The fraction of sp³-hybridized carbons (Fsp3) is 0.273. The molecular formula is C11H12BrN5O. The van der Waals surface area contributed by atoms with Crippen molar-refractivity contribution < 1.29 is 4.79 Å². The Kier molecular flexibility index (Phi) is 4.03. The third-order valence-corrected chi connectivity index (χ3v) is 2.86. The number of carbonyl (C=O) groups is 1. The van der Waals surface area contributed by atoms with Crippen molar-refractivity contribution in [3.8, 4) is 0 Å². The first-order chi connectivity index (χ1) is 8.70. The van der Waals surface area contributed by atoms with Crippen LogP contribution < -0.4 is 5.32 Å². The molecule has 2 rings (SSSR count). The summed E-state index contributed by atoms with van der Waals surface area (Å²) in [5, 5.41) is 9.30. The Morgan fingerprint density at radius 3 is 3.11 bits per heavy atom. The number of pyridine rings is 1. The number of hydrogen-bond acceptors (Lipinski definition) is 4. The lowest BCUT2D eigenvalue weighted by Crippen LogP contribution is -2.14. The van der Waals surface area contributed by atoms with Gasteiger partial charge in [-0.05, 0) is 34.5 Å². The van der Waals surface area contributed by atoms with E-state index in [-0.39, 0.29) is 11.7 Å². The van der Waals surface area contributed by atoms with E-state index in [1.165, 1.54) is 0 Å². The SMILES string of the molecule is CCCc1nc(C(=O)Nc2cccnc2Br)n[nH]1. The topological polar surface area (TPSA) is 83.6 Å². The number of aromatic amines is 1. The number of nitrogens with zero attached hydrogens (tertiary/aromatic N) is 3. The van der Waals surface area contributed by atoms with Crippen molar-refractivity contribution in [3.05, 3.63) is 34.6 Å². The molecule has 0 saturated carbocycles. The molecule has 94 valence electrons. The molecule has 0 saturated heterocycles. The van der Waals surface area contributed by atoms with E-state index in [1.807, 2.05) is 6.92 Å². The predicted molar refractivity (Wildman–Crippen MR) is 70.3 cm³/mol.